The Bertz CT molecular complexity index is 215. The molecule has 1 aliphatic rings. The maximum atomic E-state index is 11.8. The molecule has 1 unspecified atom stereocenters. The molecule has 3 nitrogen and oxygen atoms in total. The first-order valence-electron chi connectivity index (χ1n) is 2.81. The van der Waals surface area contributed by atoms with Gasteiger partial charge < -0.3 is 0 Å². The summed E-state index contributed by atoms with van der Waals surface area (Å²) in [6, 6.07) is 0. The van der Waals surface area contributed by atoms with Crippen molar-refractivity contribution in [2.24, 2.45) is 5.92 Å². The summed E-state index contributed by atoms with van der Waals surface area (Å²) in [6.07, 6.45) is -5.38. The van der Waals surface area contributed by atoms with Crippen LogP contribution in [0.4, 0.5) is 13.2 Å². The Hall–Kier alpha value is -0.473. The fraction of sp³-hybridized carbons (Fsp3) is 0.600. The number of imide groups is 1. The third-order valence-electron chi connectivity index (χ3n) is 1.36. The van der Waals surface area contributed by atoms with Crippen LogP contribution in [0.2, 0.25) is 0 Å². The number of nitrogens with one attached hydrogen (secondary N) is 1. The van der Waals surface area contributed by atoms with E-state index in [0.29, 0.717) is 0 Å². The number of carbonyl (C=O) groups excluding carboxylic acids is 2. The summed E-state index contributed by atoms with van der Waals surface area (Å²) < 4.78 is 35.3. The fourth-order valence-corrected chi connectivity index (χ4v) is 0.818. The predicted octanol–water partition coefficient (Wildman–Crippen LogP) is -0.437. The van der Waals surface area contributed by atoms with Crippen LogP contribution >= 0.6 is 0 Å². The van der Waals surface area contributed by atoms with Crippen LogP contribution in [0.25, 0.3) is 0 Å². The first-order valence-corrected chi connectivity index (χ1v) is 2.81. The third kappa shape index (κ3) is 2.26. The van der Waals surface area contributed by atoms with Crippen molar-refractivity contribution >= 4 is 30.7 Å². The molecule has 0 spiro atoms. The number of carbonyl (C=O) groups is 2. The molecule has 0 aliphatic carbocycles. The zero-order chi connectivity index (χ0) is 8.65. The van der Waals surface area contributed by atoms with Gasteiger partial charge in [0.05, 0.1) is 0 Å². The summed E-state index contributed by atoms with van der Waals surface area (Å²) in [5.41, 5.74) is 0. The number of halogens is 3. The summed E-state index contributed by atoms with van der Waals surface area (Å²) in [6.45, 7) is 0. The van der Waals surface area contributed by atoms with E-state index in [9.17, 15) is 22.8 Å². The van der Waals surface area contributed by atoms with Crippen LogP contribution in [-0.2, 0) is 9.59 Å². The second-order valence-corrected chi connectivity index (χ2v) is 2.21. The van der Waals surface area contributed by atoms with E-state index in [0.717, 1.165) is 0 Å². The van der Waals surface area contributed by atoms with Crippen LogP contribution in [0.3, 0.4) is 0 Å². The second kappa shape index (κ2) is 3.50. The molecule has 12 heavy (non-hydrogen) atoms. The van der Waals surface area contributed by atoms with Gasteiger partial charge in [-0.1, -0.05) is 0 Å². The van der Waals surface area contributed by atoms with Crippen molar-refractivity contribution in [1.82, 2.24) is 5.32 Å². The van der Waals surface area contributed by atoms with Gasteiger partial charge in [-0.3, -0.25) is 14.9 Å². The zero-order valence-corrected chi connectivity index (χ0v) is 5.23. The van der Waals surface area contributed by atoms with Crippen LogP contribution in [0.1, 0.15) is 6.42 Å². The average molecular weight is 175 g/mol. The molecule has 0 bridgehead atoms. The summed E-state index contributed by atoms with van der Waals surface area (Å²) in [7, 11) is 0. The van der Waals surface area contributed by atoms with Gasteiger partial charge in [0, 0.05) is 6.42 Å². The van der Waals surface area contributed by atoms with Gasteiger partial charge in [-0.25, -0.2) is 0 Å². The van der Waals surface area contributed by atoms with Crippen LogP contribution in [0.15, 0.2) is 0 Å². The molecule has 1 aliphatic heterocycles. The fourth-order valence-electron chi connectivity index (χ4n) is 0.818. The Kier molecular flexibility index (Phi) is 3.36. The standard InChI is InChI=1S/C5H4F3NO2.Li.H/c6-5(7,8)2-1-3(10)9-4(2)11;;/h2H,1H2,(H,9,10,11);;. The SMILES string of the molecule is O=C1CC(C(F)(F)F)C(=O)N1.[LiH]. The van der Waals surface area contributed by atoms with Crippen LogP contribution < -0.4 is 5.32 Å². The number of hydrogen-bond donors (Lipinski definition) is 1. The number of alkyl halides is 3. The van der Waals surface area contributed by atoms with Crippen molar-refractivity contribution in [3.05, 3.63) is 0 Å². The monoisotopic (exact) mass is 175 g/mol. The minimum atomic E-state index is -4.60. The van der Waals surface area contributed by atoms with Gasteiger partial charge in [-0.2, -0.15) is 13.2 Å². The average Bonchev–Trinajstić information content (AvgIpc) is 2.08. The molecule has 64 valence electrons. The molecule has 7 heteroatoms. The van der Waals surface area contributed by atoms with Crippen molar-refractivity contribution in [2.45, 2.75) is 12.6 Å². The molecule has 0 saturated carbocycles. The quantitative estimate of drug-likeness (QED) is 0.400. The van der Waals surface area contributed by atoms with Gasteiger partial charge >= 0.3 is 25.0 Å². The van der Waals surface area contributed by atoms with E-state index in [4.69, 9.17) is 0 Å². The van der Waals surface area contributed by atoms with E-state index >= 15 is 0 Å². The van der Waals surface area contributed by atoms with Gasteiger partial charge in [-0.15, -0.1) is 0 Å². The Balaban J connectivity index is 0.00000121. The Morgan fingerprint density at radius 1 is 1.33 bits per heavy atom. The van der Waals surface area contributed by atoms with Crippen LogP contribution in [0.5, 0.6) is 0 Å². The number of rotatable bonds is 0. The molecule has 1 heterocycles. The van der Waals surface area contributed by atoms with Crippen molar-refractivity contribution in [2.75, 3.05) is 0 Å². The first-order chi connectivity index (χ1) is 4.91. The molecule has 2 amide bonds. The molecular weight excluding hydrogens is 170 g/mol. The molecule has 0 aromatic heterocycles. The van der Waals surface area contributed by atoms with Crippen molar-refractivity contribution in [3.63, 3.8) is 0 Å². The third-order valence-corrected chi connectivity index (χ3v) is 1.36. The topological polar surface area (TPSA) is 46.2 Å². The summed E-state index contributed by atoms with van der Waals surface area (Å²) in [5, 5.41) is 1.58. The molecule has 1 N–H and O–H groups in total. The van der Waals surface area contributed by atoms with E-state index in [1.54, 1.807) is 5.32 Å². The van der Waals surface area contributed by atoms with Gasteiger partial charge in [0.2, 0.25) is 11.8 Å². The van der Waals surface area contributed by atoms with Crippen LogP contribution in [0, 0.1) is 5.92 Å². The van der Waals surface area contributed by atoms with Crippen molar-refractivity contribution < 1.29 is 22.8 Å². The summed E-state index contributed by atoms with van der Waals surface area (Å²) >= 11 is 0. The molecule has 0 aromatic carbocycles. The number of amides is 2. The molecule has 1 saturated heterocycles. The van der Waals surface area contributed by atoms with E-state index in [-0.39, 0.29) is 18.9 Å². The minimum absolute atomic E-state index is 0. The first kappa shape index (κ1) is 11.5. The predicted molar refractivity (Wildman–Crippen MR) is 34.5 cm³/mol. The maximum absolute atomic E-state index is 11.8. The Morgan fingerprint density at radius 2 is 1.83 bits per heavy atom. The molecular formula is C5H5F3LiNO2. The van der Waals surface area contributed by atoms with E-state index in [1.165, 1.54) is 0 Å². The van der Waals surface area contributed by atoms with Gasteiger partial charge in [0.15, 0.2) is 0 Å². The van der Waals surface area contributed by atoms with E-state index < -0.39 is 30.3 Å². The molecule has 1 atom stereocenters. The molecule has 0 aromatic rings. The Morgan fingerprint density at radius 3 is 2.00 bits per heavy atom. The van der Waals surface area contributed by atoms with E-state index in [2.05, 4.69) is 0 Å². The van der Waals surface area contributed by atoms with Crippen molar-refractivity contribution in [1.29, 1.82) is 0 Å². The molecule has 1 fully saturated rings. The van der Waals surface area contributed by atoms with Crippen LogP contribution in [-0.4, -0.2) is 36.9 Å². The zero-order valence-electron chi connectivity index (χ0n) is 5.23. The molecule has 0 radical (unpaired) electrons. The second-order valence-electron chi connectivity index (χ2n) is 2.21. The van der Waals surface area contributed by atoms with Gasteiger partial charge in [0.25, 0.3) is 0 Å². The Labute approximate surface area is 77.9 Å². The number of hydrogen-bond acceptors (Lipinski definition) is 2. The normalized spacial score (nSPS) is 23.4. The van der Waals surface area contributed by atoms with E-state index in [1.807, 2.05) is 0 Å². The molecule has 1 rings (SSSR count). The summed E-state index contributed by atoms with van der Waals surface area (Å²) in [4.78, 5) is 20.7. The van der Waals surface area contributed by atoms with Gasteiger partial charge in [0.1, 0.15) is 5.92 Å². The summed E-state index contributed by atoms with van der Waals surface area (Å²) in [5.74, 6) is -4.25. The van der Waals surface area contributed by atoms with Gasteiger partial charge in [-0.05, 0) is 0 Å². The van der Waals surface area contributed by atoms with Crippen molar-refractivity contribution in [3.8, 4) is 0 Å².